The minimum Gasteiger partial charge on any atom is -0.462 e. The summed E-state index contributed by atoms with van der Waals surface area (Å²) >= 11 is 0. The predicted molar refractivity (Wildman–Crippen MR) is 227 cm³/mol. The zero-order chi connectivity index (χ0) is 42.4. The number of aliphatic hydroxyl groups is 1. The Balaban J connectivity index is 1.20. The molecule has 1 saturated heterocycles. The molecule has 0 aromatic rings. The molecule has 5 aliphatic carbocycles. The number of carbonyl (C=O) groups excluding carboxylic acids is 2. The van der Waals surface area contributed by atoms with Gasteiger partial charge >= 0.3 is 11.9 Å². The van der Waals surface area contributed by atoms with Gasteiger partial charge in [0.1, 0.15) is 11.7 Å². The minimum absolute atomic E-state index is 0.00181. The van der Waals surface area contributed by atoms with Crippen LogP contribution in [0.4, 0.5) is 0 Å². The molecule has 10 heteroatoms. The Bertz CT molecular complexity index is 1650. The number of nitrogens with zero attached hydrogens (tertiary/aromatic N) is 1. The van der Waals surface area contributed by atoms with Gasteiger partial charge in [0.15, 0.2) is 9.84 Å². The van der Waals surface area contributed by atoms with E-state index >= 15 is 0 Å². The van der Waals surface area contributed by atoms with Crippen LogP contribution < -0.4 is 5.32 Å². The summed E-state index contributed by atoms with van der Waals surface area (Å²) in [5.74, 6) is 2.15. The van der Waals surface area contributed by atoms with Gasteiger partial charge in [0.05, 0.1) is 29.4 Å². The van der Waals surface area contributed by atoms with Crippen molar-refractivity contribution in [2.75, 3.05) is 31.1 Å². The minimum atomic E-state index is -3.01. The van der Waals surface area contributed by atoms with Crippen LogP contribution >= 0.6 is 0 Å². The predicted octanol–water partition coefficient (Wildman–Crippen LogP) is 8.14. The Morgan fingerprint density at radius 1 is 0.877 bits per heavy atom. The fourth-order valence-corrected chi connectivity index (χ4v) is 15.9. The first-order valence-corrected chi connectivity index (χ1v) is 24.4. The van der Waals surface area contributed by atoms with E-state index in [-0.39, 0.29) is 69.2 Å². The molecular formula is C47H80N2O7S. The van der Waals surface area contributed by atoms with Crippen LogP contribution in [0.25, 0.3) is 0 Å². The molecule has 0 aromatic carbocycles. The highest BCUT2D eigenvalue weighted by Crippen LogP contribution is 2.76. The van der Waals surface area contributed by atoms with Crippen LogP contribution in [0.15, 0.2) is 12.2 Å². The lowest BCUT2D eigenvalue weighted by molar-refractivity contribution is -0.246. The zero-order valence-corrected chi connectivity index (χ0v) is 38.7. The molecule has 0 bridgehead atoms. The third-order valence-corrected chi connectivity index (χ3v) is 19.5. The molecule has 1 heterocycles. The van der Waals surface area contributed by atoms with Gasteiger partial charge in [-0.3, -0.25) is 14.5 Å². The average molecular weight is 817 g/mol. The summed E-state index contributed by atoms with van der Waals surface area (Å²) in [4.78, 5) is 28.7. The largest absolute Gasteiger partial charge is 0.462 e. The van der Waals surface area contributed by atoms with Crippen LogP contribution in [0.3, 0.4) is 0 Å². The summed E-state index contributed by atoms with van der Waals surface area (Å²) in [6.07, 6.45) is 10.4. The summed E-state index contributed by atoms with van der Waals surface area (Å²) in [5, 5.41) is 15.2. The maximum absolute atomic E-state index is 13.5. The van der Waals surface area contributed by atoms with E-state index < -0.39 is 27.0 Å². The number of aliphatic hydroxyl groups excluding tert-OH is 1. The topological polar surface area (TPSA) is 122 Å². The lowest BCUT2D eigenvalue weighted by Crippen LogP contribution is -2.69. The summed E-state index contributed by atoms with van der Waals surface area (Å²) in [5.41, 5.74) is -0.0246. The molecular weight excluding hydrogens is 737 g/mol. The molecule has 326 valence electrons. The van der Waals surface area contributed by atoms with E-state index in [9.17, 15) is 23.1 Å². The van der Waals surface area contributed by atoms with E-state index in [1.807, 2.05) is 27.7 Å². The second-order valence-corrected chi connectivity index (χ2v) is 25.4. The van der Waals surface area contributed by atoms with Gasteiger partial charge in [-0.2, -0.15) is 0 Å². The van der Waals surface area contributed by atoms with Gasteiger partial charge in [-0.15, -0.1) is 0 Å². The number of ether oxygens (including phenoxy) is 2. The molecule has 0 radical (unpaired) electrons. The smallest absolute Gasteiger partial charge is 0.312 e. The lowest BCUT2D eigenvalue weighted by atomic mass is 9.32. The number of hydrogen-bond donors (Lipinski definition) is 2. The Morgan fingerprint density at radius 3 is 2.12 bits per heavy atom. The fraction of sp³-hybridized carbons (Fsp3) is 0.915. The SMILES string of the molecule is C=C(C)[C@@H]1CC[C@]2(NCC(C(C)O)N3CCS(=O)(=O)CC3)CC[C@]3(C)[C@H](CC[C@@H]4[C@@]5(C)CC[C@H](OC(=O)CC(C)(C)C(=O)OC(C)(C)C)C(C)(C)[C@@H]5CC[C@]43C)[C@@H]12. The molecule has 6 aliphatic rings. The number of nitrogens with one attached hydrogen (secondary N) is 1. The van der Waals surface area contributed by atoms with E-state index in [0.29, 0.717) is 49.2 Å². The van der Waals surface area contributed by atoms with Crippen molar-refractivity contribution in [2.45, 2.75) is 183 Å². The molecule has 1 aliphatic heterocycles. The molecule has 9 nitrogen and oxygen atoms in total. The standard InChI is InChI=1S/C47H80N2O7S/c1-30(2)32-16-21-47(48-29-34(31(3)50)49-24-26-57(53,54)27-25-49)23-22-45(12)33(39(32)47)14-15-36-44(11)19-18-37(43(9,10)35(44)17-20-46(36,45)13)55-38(51)28-42(7,8)40(52)56-41(4,5)6/h31-37,39,48,50H,1,14-29H2,2-13H3/t31?,32-,33+,34?,35-,36+,37-,39+,44-,45+,46+,47-/m0/s1. The van der Waals surface area contributed by atoms with E-state index in [1.165, 1.54) is 31.3 Å². The number of esters is 2. The zero-order valence-electron chi connectivity index (χ0n) is 37.9. The average Bonchev–Trinajstić information content (AvgIpc) is 3.46. The molecule has 57 heavy (non-hydrogen) atoms. The van der Waals surface area contributed by atoms with Crippen molar-refractivity contribution in [3.05, 3.63) is 12.2 Å². The van der Waals surface area contributed by atoms with Crippen molar-refractivity contribution in [3.63, 3.8) is 0 Å². The first kappa shape index (κ1) is 45.0. The van der Waals surface area contributed by atoms with Crippen molar-refractivity contribution in [2.24, 2.45) is 56.7 Å². The van der Waals surface area contributed by atoms with Gasteiger partial charge in [-0.1, -0.05) is 46.8 Å². The molecule has 6 rings (SSSR count). The summed E-state index contributed by atoms with van der Waals surface area (Å²) < 4.78 is 36.5. The van der Waals surface area contributed by atoms with E-state index in [0.717, 1.165) is 38.5 Å². The number of fused-ring (bicyclic) bond motifs is 7. The van der Waals surface area contributed by atoms with Crippen LogP contribution in [0.1, 0.15) is 154 Å². The first-order chi connectivity index (χ1) is 26.1. The number of sulfone groups is 1. The molecule has 6 fully saturated rings. The van der Waals surface area contributed by atoms with Gasteiger partial charge < -0.3 is 19.9 Å². The van der Waals surface area contributed by atoms with Crippen molar-refractivity contribution in [1.29, 1.82) is 0 Å². The maximum Gasteiger partial charge on any atom is 0.312 e. The van der Waals surface area contributed by atoms with Crippen molar-refractivity contribution < 1.29 is 32.6 Å². The number of hydrogen-bond acceptors (Lipinski definition) is 9. The molecule has 0 amide bonds. The van der Waals surface area contributed by atoms with Crippen LogP contribution in [-0.4, -0.2) is 90.9 Å². The van der Waals surface area contributed by atoms with Gasteiger partial charge in [-0.05, 0) is 159 Å². The van der Waals surface area contributed by atoms with Crippen LogP contribution in [-0.2, 0) is 28.9 Å². The Morgan fingerprint density at radius 2 is 1.53 bits per heavy atom. The van der Waals surface area contributed by atoms with Crippen LogP contribution in [0.2, 0.25) is 0 Å². The highest BCUT2D eigenvalue weighted by atomic mass is 32.2. The highest BCUT2D eigenvalue weighted by Gasteiger charge is 2.71. The van der Waals surface area contributed by atoms with Gasteiger partial charge in [0.25, 0.3) is 0 Å². The molecule has 0 spiro atoms. The third kappa shape index (κ3) is 7.95. The highest BCUT2D eigenvalue weighted by molar-refractivity contribution is 7.91. The molecule has 12 atom stereocenters. The van der Waals surface area contributed by atoms with Crippen LogP contribution in [0.5, 0.6) is 0 Å². The van der Waals surface area contributed by atoms with E-state index in [1.54, 1.807) is 13.8 Å². The van der Waals surface area contributed by atoms with Crippen LogP contribution in [0, 0.1) is 56.7 Å². The van der Waals surface area contributed by atoms with Crippen molar-refractivity contribution >= 4 is 21.8 Å². The molecule has 2 N–H and O–H groups in total. The van der Waals surface area contributed by atoms with Gasteiger partial charge in [0.2, 0.25) is 0 Å². The molecule has 5 saturated carbocycles. The van der Waals surface area contributed by atoms with E-state index in [4.69, 9.17) is 9.47 Å². The van der Waals surface area contributed by atoms with Gasteiger partial charge in [0, 0.05) is 36.6 Å². The third-order valence-electron chi connectivity index (χ3n) is 17.9. The van der Waals surface area contributed by atoms with Gasteiger partial charge in [-0.25, -0.2) is 8.42 Å². The quantitative estimate of drug-likeness (QED) is 0.166. The van der Waals surface area contributed by atoms with Crippen molar-refractivity contribution in [1.82, 2.24) is 10.2 Å². The number of rotatable bonds is 10. The number of carbonyl (C=O) groups is 2. The molecule has 2 unspecified atom stereocenters. The second-order valence-electron chi connectivity index (χ2n) is 23.1. The summed E-state index contributed by atoms with van der Waals surface area (Å²) in [7, 11) is -3.01. The monoisotopic (exact) mass is 817 g/mol. The second kappa shape index (κ2) is 15.1. The Labute approximate surface area is 346 Å². The first-order valence-electron chi connectivity index (χ1n) is 22.6. The Kier molecular flexibility index (Phi) is 12.0. The normalized spacial score (nSPS) is 41.4. The lowest BCUT2D eigenvalue weighted by Gasteiger charge is -2.73. The summed E-state index contributed by atoms with van der Waals surface area (Å²) in [6, 6.07) is -0.120. The number of allylic oxidation sites excluding steroid dienone is 1. The van der Waals surface area contributed by atoms with E-state index in [2.05, 4.69) is 58.3 Å². The molecule has 0 aromatic heterocycles. The summed E-state index contributed by atoms with van der Waals surface area (Å²) in [6.45, 7) is 32.0. The maximum atomic E-state index is 13.5. The fourth-order valence-electron chi connectivity index (χ4n) is 14.7. The van der Waals surface area contributed by atoms with Crippen molar-refractivity contribution in [3.8, 4) is 0 Å². The Hall–Kier alpha value is -1.49.